The highest BCUT2D eigenvalue weighted by atomic mass is 16.5. The van der Waals surface area contributed by atoms with Gasteiger partial charge in [0.25, 0.3) is 11.5 Å². The van der Waals surface area contributed by atoms with Crippen LogP contribution < -0.4 is 25.8 Å². The summed E-state index contributed by atoms with van der Waals surface area (Å²) >= 11 is 0. The summed E-state index contributed by atoms with van der Waals surface area (Å²) in [6, 6.07) is 9.81. The van der Waals surface area contributed by atoms with Crippen molar-refractivity contribution in [3.63, 3.8) is 0 Å². The first-order valence-corrected chi connectivity index (χ1v) is 13.0. The first kappa shape index (κ1) is 25.0. The van der Waals surface area contributed by atoms with Gasteiger partial charge in [-0.25, -0.2) is 4.98 Å². The van der Waals surface area contributed by atoms with E-state index in [1.807, 2.05) is 44.3 Å². The number of nitrogens with one attached hydrogen (secondary N) is 3. The summed E-state index contributed by atoms with van der Waals surface area (Å²) in [5.74, 6) is 1.55. The number of piperazine rings is 1. The minimum Gasteiger partial charge on any atom is -0.486 e. The second-order valence-corrected chi connectivity index (χ2v) is 10.4. The summed E-state index contributed by atoms with van der Waals surface area (Å²) < 4.78 is 6.46. The Hall–Kier alpha value is -3.65. The van der Waals surface area contributed by atoms with E-state index in [1.54, 1.807) is 0 Å². The number of amides is 1. The van der Waals surface area contributed by atoms with Crippen molar-refractivity contribution in [1.29, 1.82) is 0 Å². The molecule has 0 radical (unpaired) electrons. The molecule has 1 fully saturated rings. The molecule has 0 spiro atoms. The average Bonchev–Trinajstić information content (AvgIpc) is 3.25. The van der Waals surface area contributed by atoms with Gasteiger partial charge in [0.15, 0.2) is 0 Å². The molecular formula is C29H35N5O3. The van der Waals surface area contributed by atoms with Crippen LogP contribution >= 0.6 is 0 Å². The number of carbonyl (C=O) groups excluding carboxylic acids is 1. The molecule has 0 aliphatic carbocycles. The Morgan fingerprint density at radius 3 is 2.65 bits per heavy atom. The fraction of sp³-hybridized carbons (Fsp3) is 0.414. The van der Waals surface area contributed by atoms with Gasteiger partial charge < -0.3 is 25.3 Å². The van der Waals surface area contributed by atoms with Crippen LogP contribution in [0.4, 0.5) is 5.82 Å². The topological polar surface area (TPSA) is 99.4 Å². The number of aromatic nitrogens is 2. The SMILES string of the molecule is CCC1(C)Cc2cc(C(=O)NCc3c(C)cc(C)[nH]c3=O)cc(-c3ccc(N4CCNCC4)nc3)c2O1. The number of aryl methyl sites for hydroxylation is 2. The van der Waals surface area contributed by atoms with Crippen LogP contribution in [0.25, 0.3) is 11.1 Å². The van der Waals surface area contributed by atoms with Crippen LogP contribution in [-0.4, -0.2) is 47.7 Å². The highest BCUT2D eigenvalue weighted by molar-refractivity contribution is 5.96. The highest BCUT2D eigenvalue weighted by Crippen LogP contribution is 2.44. The number of anilines is 1. The molecule has 8 heteroatoms. The van der Waals surface area contributed by atoms with Crippen molar-refractivity contribution in [2.24, 2.45) is 0 Å². The van der Waals surface area contributed by atoms with Crippen LogP contribution in [0.1, 0.15) is 53.0 Å². The third-order valence-electron chi connectivity index (χ3n) is 7.51. The molecule has 3 N–H and O–H groups in total. The Morgan fingerprint density at radius 1 is 1.19 bits per heavy atom. The van der Waals surface area contributed by atoms with Crippen LogP contribution in [0.15, 0.2) is 41.3 Å². The van der Waals surface area contributed by atoms with Crippen LogP contribution in [0.3, 0.4) is 0 Å². The Bertz CT molecular complexity index is 1380. The third-order valence-corrected chi connectivity index (χ3v) is 7.51. The lowest BCUT2D eigenvalue weighted by molar-refractivity contribution is 0.0950. The van der Waals surface area contributed by atoms with E-state index >= 15 is 0 Å². The summed E-state index contributed by atoms with van der Waals surface area (Å²) in [5.41, 5.74) is 5.08. The fourth-order valence-corrected chi connectivity index (χ4v) is 5.17. The molecule has 1 saturated heterocycles. The predicted octanol–water partition coefficient (Wildman–Crippen LogP) is 3.50. The summed E-state index contributed by atoms with van der Waals surface area (Å²) in [7, 11) is 0. The maximum atomic E-state index is 13.3. The van der Waals surface area contributed by atoms with Crippen molar-refractivity contribution in [3.8, 4) is 16.9 Å². The molecule has 4 heterocycles. The summed E-state index contributed by atoms with van der Waals surface area (Å²) in [6.45, 7) is 11.9. The summed E-state index contributed by atoms with van der Waals surface area (Å²) in [4.78, 5) is 35.5. The van der Waals surface area contributed by atoms with E-state index in [2.05, 4.69) is 40.4 Å². The molecule has 3 aromatic rings. The summed E-state index contributed by atoms with van der Waals surface area (Å²) in [5, 5.41) is 6.31. The number of carbonyl (C=O) groups is 1. The number of aromatic amines is 1. The van der Waals surface area contributed by atoms with E-state index in [0.717, 1.165) is 78.5 Å². The Kier molecular flexibility index (Phi) is 6.77. The Morgan fingerprint density at radius 2 is 1.97 bits per heavy atom. The molecule has 0 saturated carbocycles. The van der Waals surface area contributed by atoms with E-state index in [9.17, 15) is 9.59 Å². The summed E-state index contributed by atoms with van der Waals surface area (Å²) in [6.07, 6.45) is 3.46. The second-order valence-electron chi connectivity index (χ2n) is 10.4. The Balaban J connectivity index is 1.45. The number of hydrogen-bond donors (Lipinski definition) is 3. The maximum Gasteiger partial charge on any atom is 0.253 e. The van der Waals surface area contributed by atoms with E-state index in [1.165, 1.54) is 0 Å². The third kappa shape index (κ3) is 5.11. The van der Waals surface area contributed by atoms with Crippen LogP contribution in [0, 0.1) is 13.8 Å². The normalized spacial score (nSPS) is 18.9. The van der Waals surface area contributed by atoms with E-state index < -0.39 is 0 Å². The van der Waals surface area contributed by atoms with Crippen molar-refractivity contribution >= 4 is 11.7 Å². The maximum absolute atomic E-state index is 13.3. The van der Waals surface area contributed by atoms with Crippen LogP contribution in [0.2, 0.25) is 0 Å². The minimum atomic E-state index is -0.313. The Labute approximate surface area is 217 Å². The molecule has 1 amide bonds. The molecule has 0 bridgehead atoms. The predicted molar refractivity (Wildman–Crippen MR) is 145 cm³/mol. The number of benzene rings is 1. The largest absolute Gasteiger partial charge is 0.486 e. The standard InChI is InChI=1S/C29H35N5O3/c1-5-29(4)15-22-13-21(27(35)32-17-24-18(2)12-19(3)33-28(24)36)14-23(26(22)37-29)20-6-7-25(31-16-20)34-10-8-30-9-11-34/h6-7,12-14,16,30H,5,8-11,15,17H2,1-4H3,(H,32,35)(H,33,36). The van der Waals surface area contributed by atoms with Crippen LogP contribution in [-0.2, 0) is 13.0 Å². The fourth-order valence-electron chi connectivity index (χ4n) is 5.17. The zero-order valence-electron chi connectivity index (χ0n) is 22.0. The van der Waals surface area contributed by atoms with Crippen molar-refractivity contribution in [1.82, 2.24) is 20.6 Å². The van der Waals surface area contributed by atoms with Gasteiger partial charge in [0.2, 0.25) is 0 Å². The lowest BCUT2D eigenvalue weighted by Crippen LogP contribution is -2.43. The van der Waals surface area contributed by atoms with Gasteiger partial charge in [0.05, 0.1) is 0 Å². The van der Waals surface area contributed by atoms with Crippen molar-refractivity contribution < 1.29 is 9.53 Å². The van der Waals surface area contributed by atoms with E-state index in [-0.39, 0.29) is 23.6 Å². The lowest BCUT2D eigenvalue weighted by Gasteiger charge is -2.28. The minimum absolute atomic E-state index is 0.164. The van der Waals surface area contributed by atoms with Crippen molar-refractivity contribution in [3.05, 3.63) is 74.8 Å². The molecule has 1 unspecified atom stereocenters. The van der Waals surface area contributed by atoms with Gasteiger partial charge in [-0.1, -0.05) is 6.92 Å². The van der Waals surface area contributed by atoms with Crippen LogP contribution in [0.5, 0.6) is 5.75 Å². The van der Waals surface area contributed by atoms with Gasteiger partial charge >= 0.3 is 0 Å². The van der Waals surface area contributed by atoms with Gasteiger partial charge in [-0.15, -0.1) is 0 Å². The van der Waals surface area contributed by atoms with Gasteiger partial charge in [-0.3, -0.25) is 9.59 Å². The first-order valence-electron chi connectivity index (χ1n) is 13.0. The molecule has 1 aromatic carbocycles. The average molecular weight is 502 g/mol. The number of rotatable bonds is 6. The van der Waals surface area contributed by atoms with Gasteiger partial charge in [0.1, 0.15) is 17.2 Å². The molecule has 194 valence electrons. The number of H-pyrrole nitrogens is 1. The molecule has 2 aromatic heterocycles. The smallest absolute Gasteiger partial charge is 0.253 e. The molecule has 37 heavy (non-hydrogen) atoms. The van der Waals surface area contributed by atoms with Crippen molar-refractivity contribution in [2.75, 3.05) is 31.1 Å². The number of hydrogen-bond acceptors (Lipinski definition) is 6. The number of nitrogens with zero attached hydrogens (tertiary/aromatic N) is 2. The molecule has 2 aliphatic heterocycles. The zero-order chi connectivity index (χ0) is 26.2. The molecule has 1 atom stereocenters. The number of pyridine rings is 2. The van der Waals surface area contributed by atoms with Gasteiger partial charge in [-0.2, -0.15) is 0 Å². The van der Waals surface area contributed by atoms with Gasteiger partial charge in [-0.05, 0) is 68.7 Å². The second kappa shape index (κ2) is 10.0. The highest BCUT2D eigenvalue weighted by Gasteiger charge is 2.36. The molecular weight excluding hydrogens is 466 g/mol. The van der Waals surface area contributed by atoms with Crippen molar-refractivity contribution in [2.45, 2.75) is 52.7 Å². The molecule has 8 nitrogen and oxygen atoms in total. The zero-order valence-corrected chi connectivity index (χ0v) is 22.0. The first-order chi connectivity index (χ1) is 17.8. The van der Waals surface area contributed by atoms with E-state index in [4.69, 9.17) is 9.72 Å². The van der Waals surface area contributed by atoms with Gasteiger partial charge in [0, 0.05) is 73.3 Å². The number of fused-ring (bicyclic) bond motifs is 1. The molecule has 2 aliphatic rings. The monoisotopic (exact) mass is 501 g/mol. The quantitative estimate of drug-likeness (QED) is 0.478. The lowest BCUT2D eigenvalue weighted by atomic mass is 9.93. The number of ether oxygens (including phenoxy) is 1. The molecule has 5 rings (SSSR count). The van der Waals surface area contributed by atoms with E-state index in [0.29, 0.717) is 11.1 Å².